The fraction of sp³-hybridized carbons (Fsp3) is 1.00. The van der Waals surface area contributed by atoms with Gasteiger partial charge in [0.1, 0.15) is 0 Å². The molecule has 0 N–H and O–H groups in total. The van der Waals surface area contributed by atoms with E-state index < -0.39 is 0 Å². The highest BCUT2D eigenvalue weighted by molar-refractivity contribution is 4.94. The molecule has 0 bridgehead atoms. The molecule has 82 valence electrons. The Bertz CT molecular complexity index is 204. The maximum atomic E-state index is 2.50. The van der Waals surface area contributed by atoms with E-state index in [0.29, 0.717) is 5.41 Å². The molecular weight excluding hydrogens is 168 g/mol. The molecule has 14 heavy (non-hydrogen) atoms. The zero-order valence-electron chi connectivity index (χ0n) is 10.3. The monoisotopic (exact) mass is 194 g/mol. The van der Waals surface area contributed by atoms with Gasteiger partial charge in [-0.1, -0.05) is 40.5 Å². The quantitative estimate of drug-likeness (QED) is 0.577. The Morgan fingerprint density at radius 1 is 1.00 bits per heavy atom. The standard InChI is InChI=1S/C14H26/c1-10-7-8-12(11(10)2)13-6-5-9-14(13,3)4/h10-13H,5-9H2,1-4H3. The van der Waals surface area contributed by atoms with Crippen LogP contribution in [0, 0.1) is 29.1 Å². The topological polar surface area (TPSA) is 0 Å². The predicted octanol–water partition coefficient (Wildman–Crippen LogP) is 4.49. The smallest absolute Gasteiger partial charge is 0.0323 e. The summed E-state index contributed by atoms with van der Waals surface area (Å²) in [7, 11) is 0. The van der Waals surface area contributed by atoms with Gasteiger partial charge in [-0.15, -0.1) is 0 Å². The molecule has 2 saturated carbocycles. The molecule has 0 spiro atoms. The summed E-state index contributed by atoms with van der Waals surface area (Å²) in [5.41, 5.74) is 0.642. The average Bonchev–Trinajstić information content (AvgIpc) is 2.59. The summed E-state index contributed by atoms with van der Waals surface area (Å²) in [5.74, 6) is 4.04. The Kier molecular flexibility index (Phi) is 2.66. The van der Waals surface area contributed by atoms with E-state index in [1.54, 1.807) is 0 Å². The highest BCUT2D eigenvalue weighted by Gasteiger charge is 2.44. The molecule has 0 aromatic carbocycles. The summed E-state index contributed by atoms with van der Waals surface area (Å²) in [6, 6.07) is 0. The van der Waals surface area contributed by atoms with E-state index in [1.165, 1.54) is 32.1 Å². The van der Waals surface area contributed by atoms with Crippen molar-refractivity contribution in [3.05, 3.63) is 0 Å². The van der Waals surface area contributed by atoms with Crippen LogP contribution in [0.1, 0.15) is 59.8 Å². The number of hydrogen-bond donors (Lipinski definition) is 0. The van der Waals surface area contributed by atoms with E-state index in [9.17, 15) is 0 Å². The summed E-state index contributed by atoms with van der Waals surface area (Å²) in [6.07, 6.45) is 7.45. The van der Waals surface area contributed by atoms with Crippen molar-refractivity contribution in [2.24, 2.45) is 29.1 Å². The molecule has 4 unspecified atom stereocenters. The van der Waals surface area contributed by atoms with Crippen molar-refractivity contribution in [3.63, 3.8) is 0 Å². The molecule has 2 rings (SSSR count). The molecule has 0 radical (unpaired) electrons. The van der Waals surface area contributed by atoms with Gasteiger partial charge in [0, 0.05) is 0 Å². The largest absolute Gasteiger partial charge is 0.0622 e. The molecule has 0 heterocycles. The second kappa shape index (κ2) is 3.54. The number of hydrogen-bond acceptors (Lipinski definition) is 0. The van der Waals surface area contributed by atoms with Crippen LogP contribution in [-0.4, -0.2) is 0 Å². The van der Waals surface area contributed by atoms with Crippen LogP contribution in [0.2, 0.25) is 0 Å². The van der Waals surface area contributed by atoms with Crippen molar-refractivity contribution in [3.8, 4) is 0 Å². The van der Waals surface area contributed by atoms with Gasteiger partial charge in [0.25, 0.3) is 0 Å². The minimum absolute atomic E-state index is 0.642. The van der Waals surface area contributed by atoms with Gasteiger partial charge in [0.05, 0.1) is 0 Å². The molecule has 0 nitrogen and oxygen atoms in total. The van der Waals surface area contributed by atoms with Gasteiger partial charge in [0.2, 0.25) is 0 Å². The maximum absolute atomic E-state index is 2.50. The van der Waals surface area contributed by atoms with Gasteiger partial charge < -0.3 is 0 Å². The summed E-state index contributed by atoms with van der Waals surface area (Å²) in [6.45, 7) is 9.95. The molecule has 4 atom stereocenters. The lowest BCUT2D eigenvalue weighted by atomic mass is 9.70. The molecule has 2 aliphatic carbocycles. The second-order valence-corrected chi connectivity index (χ2v) is 6.56. The Labute approximate surface area is 89.5 Å². The first kappa shape index (κ1) is 10.5. The summed E-state index contributed by atoms with van der Waals surface area (Å²) in [4.78, 5) is 0. The lowest BCUT2D eigenvalue weighted by molar-refractivity contribution is 0.141. The Hall–Kier alpha value is 0. The highest BCUT2D eigenvalue weighted by Crippen LogP contribution is 2.53. The first-order valence-corrected chi connectivity index (χ1v) is 6.52. The normalized spacial score (nSPS) is 47.1. The molecule has 2 aliphatic rings. The van der Waals surface area contributed by atoms with Crippen molar-refractivity contribution >= 4 is 0 Å². The third kappa shape index (κ3) is 1.61. The molecule has 0 aromatic heterocycles. The van der Waals surface area contributed by atoms with Crippen LogP contribution in [0.15, 0.2) is 0 Å². The Balaban J connectivity index is 2.08. The van der Waals surface area contributed by atoms with Gasteiger partial charge >= 0.3 is 0 Å². The van der Waals surface area contributed by atoms with E-state index in [4.69, 9.17) is 0 Å². The third-order valence-corrected chi connectivity index (χ3v) is 5.39. The molecule has 0 amide bonds. The minimum Gasteiger partial charge on any atom is -0.0622 e. The van der Waals surface area contributed by atoms with Crippen molar-refractivity contribution < 1.29 is 0 Å². The molecule has 0 heteroatoms. The zero-order chi connectivity index (χ0) is 10.3. The van der Waals surface area contributed by atoms with Crippen LogP contribution in [0.3, 0.4) is 0 Å². The van der Waals surface area contributed by atoms with Crippen molar-refractivity contribution in [1.82, 2.24) is 0 Å². The first-order chi connectivity index (χ1) is 6.52. The summed E-state index contributed by atoms with van der Waals surface area (Å²) >= 11 is 0. The van der Waals surface area contributed by atoms with Crippen LogP contribution >= 0.6 is 0 Å². The fourth-order valence-electron chi connectivity index (χ4n) is 4.12. The van der Waals surface area contributed by atoms with Crippen LogP contribution < -0.4 is 0 Å². The third-order valence-electron chi connectivity index (χ3n) is 5.39. The average molecular weight is 194 g/mol. The van der Waals surface area contributed by atoms with Crippen LogP contribution in [0.4, 0.5) is 0 Å². The van der Waals surface area contributed by atoms with Gasteiger partial charge in [-0.05, 0) is 48.3 Å². The molecular formula is C14H26. The SMILES string of the molecule is CC1CCC(C2CCCC2(C)C)C1C. The molecule has 2 fully saturated rings. The van der Waals surface area contributed by atoms with E-state index in [-0.39, 0.29) is 0 Å². The maximum Gasteiger partial charge on any atom is -0.0323 e. The van der Waals surface area contributed by atoms with E-state index in [0.717, 1.165) is 23.7 Å². The van der Waals surface area contributed by atoms with Crippen LogP contribution in [-0.2, 0) is 0 Å². The van der Waals surface area contributed by atoms with Gasteiger partial charge in [-0.25, -0.2) is 0 Å². The molecule has 0 saturated heterocycles. The molecule has 0 aromatic rings. The van der Waals surface area contributed by atoms with E-state index in [2.05, 4.69) is 27.7 Å². The molecule has 0 aliphatic heterocycles. The Morgan fingerprint density at radius 3 is 2.14 bits per heavy atom. The van der Waals surface area contributed by atoms with Gasteiger partial charge in [-0.3, -0.25) is 0 Å². The van der Waals surface area contributed by atoms with E-state index in [1.807, 2.05) is 0 Å². The zero-order valence-corrected chi connectivity index (χ0v) is 10.3. The number of rotatable bonds is 1. The fourth-order valence-corrected chi connectivity index (χ4v) is 4.12. The minimum atomic E-state index is 0.642. The lowest BCUT2D eigenvalue weighted by Gasteiger charge is -2.35. The second-order valence-electron chi connectivity index (χ2n) is 6.56. The first-order valence-electron chi connectivity index (χ1n) is 6.52. The lowest BCUT2D eigenvalue weighted by Crippen LogP contribution is -2.28. The van der Waals surface area contributed by atoms with Crippen LogP contribution in [0.5, 0.6) is 0 Å². The van der Waals surface area contributed by atoms with Gasteiger partial charge in [-0.2, -0.15) is 0 Å². The summed E-state index contributed by atoms with van der Waals surface area (Å²) in [5, 5.41) is 0. The summed E-state index contributed by atoms with van der Waals surface area (Å²) < 4.78 is 0. The van der Waals surface area contributed by atoms with Crippen molar-refractivity contribution in [2.75, 3.05) is 0 Å². The highest BCUT2D eigenvalue weighted by atomic mass is 14.5. The Morgan fingerprint density at radius 2 is 1.71 bits per heavy atom. The van der Waals surface area contributed by atoms with Crippen molar-refractivity contribution in [2.45, 2.75) is 59.8 Å². The van der Waals surface area contributed by atoms with E-state index >= 15 is 0 Å². The van der Waals surface area contributed by atoms with Crippen LogP contribution in [0.25, 0.3) is 0 Å². The van der Waals surface area contributed by atoms with Crippen molar-refractivity contribution in [1.29, 1.82) is 0 Å². The predicted molar refractivity (Wildman–Crippen MR) is 62.2 cm³/mol. The van der Waals surface area contributed by atoms with Gasteiger partial charge in [0.15, 0.2) is 0 Å².